The Bertz CT molecular complexity index is 1890. The van der Waals surface area contributed by atoms with Crippen LogP contribution in [0.3, 0.4) is 0 Å². The summed E-state index contributed by atoms with van der Waals surface area (Å²) in [5.74, 6) is -2.49. The first-order chi connectivity index (χ1) is 22.3. The van der Waals surface area contributed by atoms with E-state index in [9.17, 15) is 46.0 Å². The molecule has 4 aromatic rings. The number of halogens is 9. The van der Waals surface area contributed by atoms with Crippen LogP contribution in [0.2, 0.25) is 10.0 Å². The number of nitrogens with zero attached hydrogens (tertiary/aromatic N) is 4. The minimum atomic E-state index is -4.52. The SMILES string of the molecule is CCOc1cc(Oc2ccc(C(F)(F)F)cc2Cl)ccc1[N+](=O)[O-].Cc1nn(-c2cc(CC(Cl)C(=O)O)c(Cl)cc2F)c(=O)n1C(F)F. The second kappa shape index (κ2) is 15.6. The van der Waals surface area contributed by atoms with Crippen LogP contribution in [0.25, 0.3) is 5.69 Å². The van der Waals surface area contributed by atoms with E-state index in [2.05, 4.69) is 5.10 Å². The van der Waals surface area contributed by atoms with Gasteiger partial charge in [0, 0.05) is 23.6 Å². The zero-order chi connectivity index (χ0) is 36.1. The fourth-order valence-electron chi connectivity index (χ4n) is 3.90. The van der Waals surface area contributed by atoms with Gasteiger partial charge in [-0.05, 0) is 55.8 Å². The first-order valence-corrected chi connectivity index (χ1v) is 14.3. The van der Waals surface area contributed by atoms with Crippen LogP contribution in [0.1, 0.15) is 30.4 Å². The number of rotatable bonds is 10. The lowest BCUT2D eigenvalue weighted by Gasteiger charge is -2.12. The third-order valence-electron chi connectivity index (χ3n) is 6.10. The van der Waals surface area contributed by atoms with Gasteiger partial charge in [0.2, 0.25) is 5.75 Å². The molecule has 1 N–H and O–H groups in total. The molecular formula is C28H21Cl3F6N4O7. The van der Waals surface area contributed by atoms with Crippen LogP contribution >= 0.6 is 34.8 Å². The van der Waals surface area contributed by atoms with Crippen molar-refractivity contribution in [2.24, 2.45) is 0 Å². The van der Waals surface area contributed by atoms with E-state index in [1.807, 2.05) is 0 Å². The third-order valence-corrected chi connectivity index (χ3v) is 7.09. The number of nitro groups is 1. The second-order valence-electron chi connectivity index (χ2n) is 9.36. The summed E-state index contributed by atoms with van der Waals surface area (Å²) in [6, 6.07) is 8.29. The van der Waals surface area contributed by atoms with Crippen LogP contribution in [0.15, 0.2) is 53.3 Å². The molecule has 1 unspecified atom stereocenters. The van der Waals surface area contributed by atoms with Crippen LogP contribution in [0, 0.1) is 22.9 Å². The van der Waals surface area contributed by atoms with Crippen LogP contribution in [-0.4, -0.2) is 42.3 Å². The number of hydrogen-bond donors (Lipinski definition) is 1. The molecule has 48 heavy (non-hydrogen) atoms. The molecular weight excluding hydrogens is 725 g/mol. The van der Waals surface area contributed by atoms with E-state index in [0.29, 0.717) is 4.68 Å². The molecule has 11 nitrogen and oxygen atoms in total. The van der Waals surface area contributed by atoms with E-state index in [1.165, 1.54) is 18.2 Å². The van der Waals surface area contributed by atoms with Crippen molar-refractivity contribution in [2.75, 3.05) is 6.61 Å². The van der Waals surface area contributed by atoms with E-state index in [0.717, 1.165) is 37.3 Å². The Balaban J connectivity index is 0.000000260. The molecule has 0 bridgehead atoms. The summed E-state index contributed by atoms with van der Waals surface area (Å²) in [6.07, 6.45) is -4.77. The topological polar surface area (TPSA) is 139 Å². The summed E-state index contributed by atoms with van der Waals surface area (Å²) in [5, 5.41) is 21.6. The van der Waals surface area contributed by atoms with Crippen molar-refractivity contribution in [2.45, 2.75) is 38.4 Å². The van der Waals surface area contributed by atoms with Crippen molar-refractivity contribution >= 4 is 46.5 Å². The number of carboxylic acid groups (broad SMARTS) is 1. The average Bonchev–Trinajstić information content (AvgIpc) is 3.28. The normalized spacial score (nSPS) is 11.9. The highest BCUT2D eigenvalue weighted by molar-refractivity contribution is 6.32. The highest BCUT2D eigenvalue weighted by Crippen LogP contribution is 2.38. The number of nitro benzene ring substituents is 1. The number of carboxylic acids is 1. The van der Waals surface area contributed by atoms with E-state index >= 15 is 0 Å². The fourth-order valence-corrected chi connectivity index (χ4v) is 4.52. The van der Waals surface area contributed by atoms with Gasteiger partial charge in [-0.15, -0.1) is 16.7 Å². The van der Waals surface area contributed by atoms with Gasteiger partial charge in [-0.2, -0.15) is 26.6 Å². The Morgan fingerprint density at radius 3 is 2.27 bits per heavy atom. The van der Waals surface area contributed by atoms with Crippen molar-refractivity contribution < 1.29 is 50.6 Å². The molecule has 3 aromatic carbocycles. The van der Waals surface area contributed by atoms with Gasteiger partial charge in [0.25, 0.3) is 0 Å². The van der Waals surface area contributed by atoms with Crippen molar-refractivity contribution in [3.63, 3.8) is 0 Å². The van der Waals surface area contributed by atoms with E-state index in [1.54, 1.807) is 6.92 Å². The molecule has 258 valence electrons. The smallest absolute Gasteiger partial charge is 0.416 e. The lowest BCUT2D eigenvalue weighted by Crippen LogP contribution is -2.25. The van der Waals surface area contributed by atoms with Crippen LogP contribution in [-0.2, 0) is 17.4 Å². The third kappa shape index (κ3) is 9.11. The van der Waals surface area contributed by atoms with Gasteiger partial charge in [-0.1, -0.05) is 23.2 Å². The van der Waals surface area contributed by atoms with E-state index in [-0.39, 0.29) is 62.0 Å². The summed E-state index contributed by atoms with van der Waals surface area (Å²) in [4.78, 5) is 33.1. The van der Waals surface area contributed by atoms with Crippen molar-refractivity contribution in [3.8, 4) is 22.9 Å². The summed E-state index contributed by atoms with van der Waals surface area (Å²) < 4.78 is 88.7. The van der Waals surface area contributed by atoms with Gasteiger partial charge in [0.15, 0.2) is 5.82 Å². The summed E-state index contributed by atoms with van der Waals surface area (Å²) in [5.41, 5.74) is -2.70. The Hall–Kier alpha value is -4.48. The van der Waals surface area contributed by atoms with Crippen LogP contribution in [0.5, 0.6) is 17.2 Å². The van der Waals surface area contributed by atoms with Crippen LogP contribution in [0.4, 0.5) is 32.0 Å². The zero-order valence-electron chi connectivity index (χ0n) is 24.3. The first-order valence-electron chi connectivity index (χ1n) is 13.1. The largest absolute Gasteiger partial charge is 0.487 e. The molecule has 0 saturated heterocycles. The molecule has 0 saturated carbocycles. The predicted molar refractivity (Wildman–Crippen MR) is 161 cm³/mol. The van der Waals surface area contributed by atoms with Crippen molar-refractivity contribution in [3.05, 3.63) is 102 Å². The number of aryl methyl sites for hydroxylation is 1. The number of alkyl halides is 6. The Kier molecular flexibility index (Phi) is 12.4. The number of aliphatic carboxylic acids is 1. The fraction of sp³-hybridized carbons (Fsp3) is 0.250. The van der Waals surface area contributed by atoms with Crippen LogP contribution < -0.4 is 15.2 Å². The number of aromatic nitrogens is 3. The molecule has 0 aliphatic rings. The van der Waals surface area contributed by atoms with Gasteiger partial charge in [0.1, 0.15) is 28.4 Å². The lowest BCUT2D eigenvalue weighted by molar-refractivity contribution is -0.385. The molecule has 0 amide bonds. The molecule has 20 heteroatoms. The Labute approximate surface area is 280 Å². The maximum atomic E-state index is 14.1. The summed E-state index contributed by atoms with van der Waals surface area (Å²) in [6.45, 7) is -0.117. The quantitative estimate of drug-likeness (QED) is 0.0742. The van der Waals surface area contributed by atoms with Crippen molar-refractivity contribution in [1.82, 2.24) is 14.3 Å². The number of benzene rings is 3. The maximum Gasteiger partial charge on any atom is 0.416 e. The van der Waals surface area contributed by atoms with E-state index in [4.69, 9.17) is 49.4 Å². The first kappa shape index (κ1) is 38.0. The summed E-state index contributed by atoms with van der Waals surface area (Å²) in [7, 11) is 0. The molecule has 1 heterocycles. The minimum Gasteiger partial charge on any atom is -0.487 e. The molecule has 0 radical (unpaired) electrons. The minimum absolute atomic E-state index is 0.0111. The van der Waals surface area contributed by atoms with Gasteiger partial charge < -0.3 is 14.6 Å². The Morgan fingerprint density at radius 1 is 1.08 bits per heavy atom. The highest BCUT2D eigenvalue weighted by atomic mass is 35.5. The van der Waals surface area contributed by atoms with Crippen molar-refractivity contribution in [1.29, 1.82) is 0 Å². The number of ether oxygens (including phenoxy) is 2. The number of carbonyl (C=O) groups is 1. The monoisotopic (exact) mass is 744 g/mol. The zero-order valence-corrected chi connectivity index (χ0v) is 26.5. The van der Waals surface area contributed by atoms with E-state index < -0.39 is 51.8 Å². The second-order valence-corrected chi connectivity index (χ2v) is 10.7. The standard InChI is InChI=1S/C15H11ClF3NO4.C13H10Cl2F3N3O3/c1-2-23-14-8-10(4-5-12(14)20(21)22)24-13-6-3-9(7-11(13)16)15(17,18)19;1-5-19-21(13(24)20(5)12(17)18)10-3-6(2-8(15)11(22)23)7(14)4-9(10)16/h3-8H,2H2,1H3;3-4,8,12H,2H2,1H3,(H,22,23). The molecule has 0 spiro atoms. The van der Waals surface area contributed by atoms with Gasteiger partial charge in [-0.3, -0.25) is 14.9 Å². The van der Waals surface area contributed by atoms with Gasteiger partial charge in [-0.25, -0.2) is 13.8 Å². The Morgan fingerprint density at radius 2 is 1.75 bits per heavy atom. The number of hydrogen-bond acceptors (Lipinski definition) is 7. The summed E-state index contributed by atoms with van der Waals surface area (Å²) >= 11 is 17.3. The average molecular weight is 746 g/mol. The molecule has 1 aromatic heterocycles. The molecule has 0 aliphatic carbocycles. The van der Waals surface area contributed by atoms with Gasteiger partial charge in [0.05, 0.1) is 22.1 Å². The van der Waals surface area contributed by atoms with Gasteiger partial charge >= 0.3 is 30.1 Å². The molecule has 4 rings (SSSR count). The predicted octanol–water partition coefficient (Wildman–Crippen LogP) is 8.22. The lowest BCUT2D eigenvalue weighted by atomic mass is 10.1. The molecule has 0 aliphatic heterocycles. The highest BCUT2D eigenvalue weighted by Gasteiger charge is 2.31. The molecule has 0 fully saturated rings. The molecule has 1 atom stereocenters. The maximum absolute atomic E-state index is 14.1.